The number of aryl methyl sites for hydroxylation is 1. The highest BCUT2D eigenvalue weighted by molar-refractivity contribution is 5.56. The van der Waals surface area contributed by atoms with Crippen molar-refractivity contribution in [1.29, 1.82) is 0 Å². The van der Waals surface area contributed by atoms with Crippen LogP contribution in [0.5, 0.6) is 0 Å². The Balaban J connectivity index is 2.07. The van der Waals surface area contributed by atoms with Crippen molar-refractivity contribution in [2.75, 3.05) is 23.7 Å². The maximum absolute atomic E-state index is 11.0. The summed E-state index contributed by atoms with van der Waals surface area (Å²) in [4.78, 5) is 18.5. The molecule has 0 radical (unpaired) electrons. The summed E-state index contributed by atoms with van der Waals surface area (Å²) in [6.07, 6.45) is 3.37. The van der Waals surface area contributed by atoms with Crippen LogP contribution in [0.1, 0.15) is 12.7 Å². The van der Waals surface area contributed by atoms with Crippen molar-refractivity contribution < 1.29 is 4.92 Å². The Labute approximate surface area is 120 Å². The Hall–Kier alpha value is -2.78. The van der Waals surface area contributed by atoms with Gasteiger partial charge < -0.3 is 15.2 Å². The number of hydrogen-bond acceptors (Lipinski definition) is 8. The van der Waals surface area contributed by atoms with Gasteiger partial charge in [0.1, 0.15) is 18.3 Å². The summed E-state index contributed by atoms with van der Waals surface area (Å²) in [6.45, 7) is 2.98. The van der Waals surface area contributed by atoms with Crippen LogP contribution in [0, 0.1) is 10.1 Å². The molecule has 2 rings (SSSR count). The van der Waals surface area contributed by atoms with Crippen LogP contribution in [0.25, 0.3) is 0 Å². The SMILES string of the molecule is CCNc1ncc([N+](=O)[O-])c(NCCc2nncn2C)n1. The Morgan fingerprint density at radius 2 is 2.24 bits per heavy atom. The number of nitrogens with one attached hydrogen (secondary N) is 2. The van der Waals surface area contributed by atoms with E-state index in [0.29, 0.717) is 25.5 Å². The fourth-order valence-corrected chi connectivity index (χ4v) is 1.71. The van der Waals surface area contributed by atoms with Gasteiger partial charge in [0.25, 0.3) is 0 Å². The standard InChI is InChI=1S/C11H16N8O2/c1-3-12-11-14-6-8(19(20)21)10(16-11)13-5-4-9-17-15-7-18(9)2/h6-7H,3-5H2,1-2H3,(H2,12,13,14,16). The van der Waals surface area contributed by atoms with Crippen molar-refractivity contribution >= 4 is 17.5 Å². The lowest BCUT2D eigenvalue weighted by molar-refractivity contribution is -0.384. The first kappa shape index (κ1) is 14.6. The normalized spacial score (nSPS) is 10.4. The Morgan fingerprint density at radius 1 is 1.43 bits per heavy atom. The third-order valence-corrected chi connectivity index (χ3v) is 2.75. The van der Waals surface area contributed by atoms with Crippen molar-refractivity contribution in [2.45, 2.75) is 13.3 Å². The molecule has 2 aromatic rings. The van der Waals surface area contributed by atoms with Crippen LogP contribution in [-0.2, 0) is 13.5 Å². The minimum atomic E-state index is -0.514. The first-order valence-electron chi connectivity index (χ1n) is 6.44. The van der Waals surface area contributed by atoms with Gasteiger partial charge in [0.2, 0.25) is 11.8 Å². The molecule has 0 saturated heterocycles. The fraction of sp³-hybridized carbons (Fsp3) is 0.455. The highest BCUT2D eigenvalue weighted by atomic mass is 16.6. The lowest BCUT2D eigenvalue weighted by atomic mass is 10.4. The van der Waals surface area contributed by atoms with E-state index in [1.807, 2.05) is 14.0 Å². The first-order valence-corrected chi connectivity index (χ1v) is 6.44. The van der Waals surface area contributed by atoms with Crippen LogP contribution < -0.4 is 10.6 Å². The average Bonchev–Trinajstić information content (AvgIpc) is 2.85. The van der Waals surface area contributed by atoms with Gasteiger partial charge in [-0.2, -0.15) is 4.98 Å². The summed E-state index contributed by atoms with van der Waals surface area (Å²) < 4.78 is 1.79. The van der Waals surface area contributed by atoms with E-state index < -0.39 is 4.92 Å². The third kappa shape index (κ3) is 3.61. The zero-order valence-corrected chi connectivity index (χ0v) is 11.8. The van der Waals surface area contributed by atoms with Crippen LogP contribution in [0.3, 0.4) is 0 Å². The van der Waals surface area contributed by atoms with E-state index in [1.54, 1.807) is 10.9 Å². The largest absolute Gasteiger partial charge is 0.364 e. The van der Waals surface area contributed by atoms with Crippen LogP contribution in [0.15, 0.2) is 12.5 Å². The molecular weight excluding hydrogens is 276 g/mol. The molecule has 0 amide bonds. The highest BCUT2D eigenvalue weighted by Gasteiger charge is 2.17. The minimum Gasteiger partial charge on any atom is -0.364 e. The van der Waals surface area contributed by atoms with Crippen molar-refractivity contribution in [2.24, 2.45) is 7.05 Å². The van der Waals surface area contributed by atoms with Gasteiger partial charge in [-0.25, -0.2) is 4.98 Å². The quantitative estimate of drug-likeness (QED) is 0.561. The molecule has 2 heterocycles. The van der Waals surface area contributed by atoms with E-state index in [1.165, 1.54) is 6.20 Å². The van der Waals surface area contributed by atoms with E-state index in [-0.39, 0.29) is 11.5 Å². The Kier molecular flexibility index (Phi) is 4.59. The van der Waals surface area contributed by atoms with Crippen LogP contribution in [0.4, 0.5) is 17.5 Å². The maximum atomic E-state index is 11.0. The number of aromatic nitrogens is 5. The summed E-state index contributed by atoms with van der Waals surface area (Å²) >= 11 is 0. The van der Waals surface area contributed by atoms with E-state index in [0.717, 1.165) is 5.82 Å². The summed E-state index contributed by atoms with van der Waals surface area (Å²) in [5, 5.41) is 24.6. The van der Waals surface area contributed by atoms with Crippen molar-refractivity contribution in [3.05, 3.63) is 28.5 Å². The minimum absolute atomic E-state index is 0.158. The zero-order chi connectivity index (χ0) is 15.2. The van der Waals surface area contributed by atoms with Crippen LogP contribution >= 0.6 is 0 Å². The zero-order valence-electron chi connectivity index (χ0n) is 11.8. The second-order valence-corrected chi connectivity index (χ2v) is 4.25. The second kappa shape index (κ2) is 6.59. The smallest absolute Gasteiger partial charge is 0.329 e. The predicted octanol–water partition coefficient (Wildman–Crippen LogP) is 0.600. The van der Waals surface area contributed by atoms with Gasteiger partial charge in [-0.3, -0.25) is 10.1 Å². The lowest BCUT2D eigenvalue weighted by Gasteiger charge is -2.07. The average molecular weight is 292 g/mol. The molecule has 0 saturated carbocycles. The molecule has 112 valence electrons. The van der Waals surface area contributed by atoms with Gasteiger partial charge in [-0.05, 0) is 6.92 Å². The number of nitro groups is 1. The highest BCUT2D eigenvalue weighted by Crippen LogP contribution is 2.21. The third-order valence-electron chi connectivity index (χ3n) is 2.75. The summed E-state index contributed by atoms with van der Waals surface area (Å²) in [6, 6.07) is 0. The summed E-state index contributed by atoms with van der Waals surface area (Å²) in [7, 11) is 1.84. The predicted molar refractivity (Wildman–Crippen MR) is 76.0 cm³/mol. The molecule has 0 bridgehead atoms. The topological polar surface area (TPSA) is 124 Å². The molecule has 0 aliphatic heterocycles. The van der Waals surface area contributed by atoms with E-state index in [9.17, 15) is 10.1 Å². The first-order chi connectivity index (χ1) is 10.1. The van der Waals surface area contributed by atoms with Crippen molar-refractivity contribution in [3.8, 4) is 0 Å². The molecule has 21 heavy (non-hydrogen) atoms. The molecule has 10 heteroatoms. The molecule has 0 spiro atoms. The monoisotopic (exact) mass is 292 g/mol. The van der Waals surface area contributed by atoms with Gasteiger partial charge >= 0.3 is 5.69 Å². The molecule has 0 aliphatic carbocycles. The van der Waals surface area contributed by atoms with Gasteiger partial charge in [-0.15, -0.1) is 10.2 Å². The van der Waals surface area contributed by atoms with Gasteiger partial charge in [0.15, 0.2) is 0 Å². The molecule has 2 N–H and O–H groups in total. The fourth-order valence-electron chi connectivity index (χ4n) is 1.71. The van der Waals surface area contributed by atoms with Crippen LogP contribution in [0.2, 0.25) is 0 Å². The molecule has 10 nitrogen and oxygen atoms in total. The second-order valence-electron chi connectivity index (χ2n) is 4.25. The molecule has 0 aromatic carbocycles. The molecular formula is C11H16N8O2. The van der Waals surface area contributed by atoms with E-state index in [2.05, 4.69) is 30.8 Å². The molecule has 0 atom stereocenters. The van der Waals surface area contributed by atoms with E-state index >= 15 is 0 Å². The number of rotatable bonds is 7. The van der Waals surface area contributed by atoms with Gasteiger partial charge in [-0.1, -0.05) is 0 Å². The van der Waals surface area contributed by atoms with Crippen LogP contribution in [-0.4, -0.2) is 42.7 Å². The van der Waals surface area contributed by atoms with Gasteiger partial charge in [0, 0.05) is 26.6 Å². The van der Waals surface area contributed by atoms with Crippen molar-refractivity contribution in [1.82, 2.24) is 24.7 Å². The van der Waals surface area contributed by atoms with E-state index in [4.69, 9.17) is 0 Å². The number of anilines is 2. The molecule has 0 aliphatic rings. The summed E-state index contributed by atoms with van der Waals surface area (Å²) in [5.74, 6) is 1.32. The number of hydrogen-bond donors (Lipinski definition) is 2. The molecule has 0 fully saturated rings. The van der Waals surface area contributed by atoms with Gasteiger partial charge in [0.05, 0.1) is 4.92 Å². The maximum Gasteiger partial charge on any atom is 0.329 e. The molecule has 0 unspecified atom stereocenters. The Morgan fingerprint density at radius 3 is 2.86 bits per heavy atom. The summed E-state index contributed by atoms with van der Waals surface area (Å²) in [5.41, 5.74) is -0.158. The van der Waals surface area contributed by atoms with Crippen molar-refractivity contribution in [3.63, 3.8) is 0 Å². The molecule has 2 aromatic heterocycles. The lowest BCUT2D eigenvalue weighted by Crippen LogP contribution is -2.12. The number of nitrogens with zero attached hydrogens (tertiary/aromatic N) is 6. The Bertz CT molecular complexity index is 626.